The number of nitrogens with one attached hydrogen (secondary N) is 1. The highest BCUT2D eigenvalue weighted by molar-refractivity contribution is 5.92. The van der Waals surface area contributed by atoms with Crippen LogP contribution in [0.1, 0.15) is 24.3 Å². The molecule has 1 aliphatic rings. The predicted octanol–water partition coefficient (Wildman–Crippen LogP) is 0.769. The third kappa shape index (κ3) is 2.76. The first-order valence-corrected chi connectivity index (χ1v) is 6.17. The summed E-state index contributed by atoms with van der Waals surface area (Å²) in [5.41, 5.74) is 0.380. The summed E-state index contributed by atoms with van der Waals surface area (Å²) < 4.78 is 5.31. The van der Waals surface area contributed by atoms with Crippen molar-refractivity contribution >= 4 is 11.7 Å². The Morgan fingerprint density at radius 3 is 3.00 bits per heavy atom. The fourth-order valence-corrected chi connectivity index (χ4v) is 1.89. The molecular formula is C12H18N4O2. The van der Waals surface area contributed by atoms with E-state index in [1.807, 2.05) is 13.8 Å². The van der Waals surface area contributed by atoms with Crippen LogP contribution in [-0.4, -0.2) is 53.1 Å². The summed E-state index contributed by atoms with van der Waals surface area (Å²) in [5.74, 6) is 0.602. The van der Waals surface area contributed by atoms with Gasteiger partial charge in [-0.05, 0) is 13.8 Å². The molecule has 0 radical (unpaired) electrons. The van der Waals surface area contributed by atoms with Crippen LogP contribution in [0.4, 0.5) is 5.82 Å². The third-order valence-electron chi connectivity index (χ3n) is 2.86. The normalized spacial score (nSPS) is 19.7. The zero-order valence-electron chi connectivity index (χ0n) is 10.7. The van der Waals surface area contributed by atoms with Crippen LogP contribution in [0, 0.1) is 0 Å². The maximum atomic E-state index is 12.2. The van der Waals surface area contributed by atoms with Gasteiger partial charge in [-0.1, -0.05) is 0 Å². The Kier molecular flexibility index (Phi) is 4.09. The molecule has 1 amide bonds. The monoisotopic (exact) mass is 250 g/mol. The van der Waals surface area contributed by atoms with E-state index in [9.17, 15) is 4.79 Å². The van der Waals surface area contributed by atoms with Crippen LogP contribution >= 0.6 is 0 Å². The Hall–Kier alpha value is -1.69. The van der Waals surface area contributed by atoms with Crippen molar-refractivity contribution in [3.05, 3.63) is 18.1 Å². The Morgan fingerprint density at radius 1 is 1.56 bits per heavy atom. The molecule has 1 aliphatic heterocycles. The minimum Gasteiger partial charge on any atom is -0.377 e. The summed E-state index contributed by atoms with van der Waals surface area (Å²) in [4.78, 5) is 22.3. The van der Waals surface area contributed by atoms with Crippen molar-refractivity contribution in [3.63, 3.8) is 0 Å². The lowest BCUT2D eigenvalue weighted by molar-refractivity contribution is 0.00325. The van der Waals surface area contributed by atoms with Gasteiger partial charge in [0, 0.05) is 13.1 Å². The molecule has 2 rings (SSSR count). The highest BCUT2D eigenvalue weighted by Gasteiger charge is 2.25. The second-order valence-electron chi connectivity index (χ2n) is 4.24. The molecule has 6 nitrogen and oxygen atoms in total. The van der Waals surface area contributed by atoms with Gasteiger partial charge in [0.1, 0.15) is 11.5 Å². The van der Waals surface area contributed by atoms with E-state index in [4.69, 9.17) is 4.74 Å². The maximum absolute atomic E-state index is 12.2. The number of carbonyl (C=O) groups is 1. The van der Waals surface area contributed by atoms with Gasteiger partial charge in [-0.25, -0.2) is 9.97 Å². The van der Waals surface area contributed by atoms with E-state index < -0.39 is 0 Å². The molecule has 0 saturated carbocycles. The number of hydrogen-bond donors (Lipinski definition) is 1. The van der Waals surface area contributed by atoms with E-state index >= 15 is 0 Å². The Bertz CT molecular complexity index is 407. The largest absolute Gasteiger partial charge is 0.377 e. The number of nitrogens with zero attached hydrogens (tertiary/aromatic N) is 3. The molecular weight excluding hydrogens is 232 g/mol. The standard InChI is InChI=1S/C12H18N4O2/c1-3-13-11-7-14-10(6-15-11)12(17)16-4-5-18-8-9(16)2/h6-7,9H,3-5,8H2,1-2H3,(H,13,15). The lowest BCUT2D eigenvalue weighted by Gasteiger charge is -2.32. The van der Waals surface area contributed by atoms with Crippen LogP contribution in [-0.2, 0) is 4.74 Å². The predicted molar refractivity (Wildman–Crippen MR) is 67.5 cm³/mol. The van der Waals surface area contributed by atoms with E-state index in [0.29, 0.717) is 31.3 Å². The number of rotatable bonds is 3. The molecule has 1 N–H and O–H groups in total. The molecule has 1 aromatic heterocycles. The lowest BCUT2D eigenvalue weighted by atomic mass is 10.2. The number of carbonyl (C=O) groups excluding carboxylic acids is 1. The first-order chi connectivity index (χ1) is 8.72. The zero-order valence-corrected chi connectivity index (χ0v) is 10.7. The van der Waals surface area contributed by atoms with Crippen LogP contribution in [0.5, 0.6) is 0 Å². The van der Waals surface area contributed by atoms with Crippen LogP contribution < -0.4 is 5.32 Å². The second-order valence-corrected chi connectivity index (χ2v) is 4.24. The smallest absolute Gasteiger partial charge is 0.274 e. The minimum atomic E-state index is -0.0821. The van der Waals surface area contributed by atoms with Gasteiger partial charge >= 0.3 is 0 Å². The molecule has 0 bridgehead atoms. The molecule has 1 atom stereocenters. The van der Waals surface area contributed by atoms with Gasteiger partial charge in [0.05, 0.1) is 31.6 Å². The summed E-state index contributed by atoms with van der Waals surface area (Å²) in [6.07, 6.45) is 3.10. The van der Waals surface area contributed by atoms with E-state index in [1.165, 1.54) is 6.20 Å². The summed E-state index contributed by atoms with van der Waals surface area (Å²) in [6, 6.07) is 0.0847. The Morgan fingerprint density at radius 2 is 2.39 bits per heavy atom. The van der Waals surface area contributed by atoms with Crippen molar-refractivity contribution in [1.82, 2.24) is 14.9 Å². The van der Waals surface area contributed by atoms with Crippen LogP contribution in [0.15, 0.2) is 12.4 Å². The molecule has 6 heteroatoms. The van der Waals surface area contributed by atoms with Gasteiger partial charge in [-0.15, -0.1) is 0 Å². The highest BCUT2D eigenvalue weighted by Crippen LogP contribution is 2.11. The molecule has 1 fully saturated rings. The number of hydrogen-bond acceptors (Lipinski definition) is 5. The average Bonchev–Trinajstić information content (AvgIpc) is 2.40. The molecule has 2 heterocycles. The zero-order chi connectivity index (χ0) is 13.0. The van der Waals surface area contributed by atoms with Crippen molar-refractivity contribution in [2.45, 2.75) is 19.9 Å². The molecule has 1 saturated heterocycles. The first kappa shape index (κ1) is 12.8. The molecule has 0 aromatic carbocycles. The fraction of sp³-hybridized carbons (Fsp3) is 0.583. The Labute approximate surface area is 106 Å². The summed E-state index contributed by atoms with van der Waals surface area (Å²) >= 11 is 0. The number of amides is 1. The van der Waals surface area contributed by atoms with Gasteiger partial charge in [-0.2, -0.15) is 0 Å². The molecule has 0 spiro atoms. The third-order valence-corrected chi connectivity index (χ3v) is 2.86. The highest BCUT2D eigenvalue weighted by atomic mass is 16.5. The van der Waals surface area contributed by atoms with Gasteiger partial charge in [0.15, 0.2) is 0 Å². The van der Waals surface area contributed by atoms with Gasteiger partial charge in [-0.3, -0.25) is 4.79 Å². The number of ether oxygens (including phenoxy) is 1. The quantitative estimate of drug-likeness (QED) is 0.858. The first-order valence-electron chi connectivity index (χ1n) is 6.17. The van der Waals surface area contributed by atoms with E-state index in [-0.39, 0.29) is 11.9 Å². The van der Waals surface area contributed by atoms with E-state index in [2.05, 4.69) is 15.3 Å². The van der Waals surface area contributed by atoms with Crippen LogP contribution in [0.25, 0.3) is 0 Å². The molecule has 98 valence electrons. The van der Waals surface area contributed by atoms with Crippen molar-refractivity contribution < 1.29 is 9.53 Å². The maximum Gasteiger partial charge on any atom is 0.274 e. The molecule has 1 unspecified atom stereocenters. The second kappa shape index (κ2) is 5.77. The van der Waals surface area contributed by atoms with Crippen molar-refractivity contribution in [2.24, 2.45) is 0 Å². The number of morpholine rings is 1. The topological polar surface area (TPSA) is 67.4 Å². The van der Waals surface area contributed by atoms with Crippen LogP contribution in [0.2, 0.25) is 0 Å². The minimum absolute atomic E-state index is 0.0821. The van der Waals surface area contributed by atoms with E-state index in [0.717, 1.165) is 6.54 Å². The summed E-state index contributed by atoms with van der Waals surface area (Å²) in [6.45, 7) is 6.50. The Balaban J connectivity index is 2.08. The van der Waals surface area contributed by atoms with Crippen molar-refractivity contribution in [1.29, 1.82) is 0 Å². The van der Waals surface area contributed by atoms with Gasteiger partial charge in [0.25, 0.3) is 5.91 Å². The molecule has 18 heavy (non-hydrogen) atoms. The van der Waals surface area contributed by atoms with Crippen molar-refractivity contribution in [2.75, 3.05) is 31.6 Å². The van der Waals surface area contributed by atoms with Crippen molar-refractivity contribution in [3.8, 4) is 0 Å². The fourth-order valence-electron chi connectivity index (χ4n) is 1.89. The van der Waals surface area contributed by atoms with Gasteiger partial charge in [0.2, 0.25) is 0 Å². The number of aromatic nitrogens is 2. The van der Waals surface area contributed by atoms with Gasteiger partial charge < -0.3 is 15.0 Å². The molecule has 0 aliphatic carbocycles. The van der Waals surface area contributed by atoms with E-state index in [1.54, 1.807) is 11.1 Å². The summed E-state index contributed by atoms with van der Waals surface area (Å²) in [5, 5.41) is 3.04. The average molecular weight is 250 g/mol. The SMILES string of the molecule is CCNc1cnc(C(=O)N2CCOCC2C)cn1. The van der Waals surface area contributed by atoms with Crippen LogP contribution in [0.3, 0.4) is 0 Å². The lowest BCUT2D eigenvalue weighted by Crippen LogP contribution is -2.47. The molecule has 1 aromatic rings. The summed E-state index contributed by atoms with van der Waals surface area (Å²) in [7, 11) is 0. The number of anilines is 1.